The molecular weight excluding hydrogens is 184 g/mol. The molecule has 0 heterocycles. The molecule has 0 aliphatic heterocycles. The number of aryl methyl sites for hydroxylation is 1. The molecule has 0 spiro atoms. The first-order chi connectivity index (χ1) is 6.11. The standard InChI is InChI=1S/C9H12N2OS/c1-6-4-3-5-8(7(6)2)10-11-9(12)13/h3-5,10H,1-2H3,(H2,11,12,13). The van der Waals surface area contributed by atoms with Gasteiger partial charge in [-0.15, -0.1) is 0 Å². The Hall–Kier alpha value is -1.16. The van der Waals surface area contributed by atoms with E-state index in [0.717, 1.165) is 11.3 Å². The number of anilines is 1. The van der Waals surface area contributed by atoms with Gasteiger partial charge in [-0.05, 0) is 31.0 Å². The summed E-state index contributed by atoms with van der Waals surface area (Å²) in [5, 5.41) is -0.402. The highest BCUT2D eigenvalue weighted by molar-refractivity contribution is 7.96. The molecule has 1 aromatic carbocycles. The number of hydrogen-bond donors (Lipinski definition) is 3. The average molecular weight is 196 g/mol. The number of carbonyl (C=O) groups excluding carboxylic acids is 1. The monoisotopic (exact) mass is 196 g/mol. The van der Waals surface area contributed by atoms with Gasteiger partial charge in [0.2, 0.25) is 0 Å². The summed E-state index contributed by atoms with van der Waals surface area (Å²) < 4.78 is 0. The van der Waals surface area contributed by atoms with Crippen LogP contribution in [0.2, 0.25) is 0 Å². The highest BCUT2D eigenvalue weighted by Crippen LogP contribution is 2.16. The number of rotatable bonds is 2. The van der Waals surface area contributed by atoms with Crippen molar-refractivity contribution in [1.82, 2.24) is 5.43 Å². The predicted octanol–water partition coefficient (Wildman–Crippen LogP) is 2.27. The van der Waals surface area contributed by atoms with Gasteiger partial charge in [-0.3, -0.25) is 15.6 Å². The lowest BCUT2D eigenvalue weighted by Crippen LogP contribution is -2.24. The maximum Gasteiger partial charge on any atom is 0.294 e. The SMILES string of the molecule is Cc1cccc(NNC(=O)S)c1C. The molecule has 70 valence electrons. The first-order valence-electron chi connectivity index (χ1n) is 3.92. The van der Waals surface area contributed by atoms with Crippen molar-refractivity contribution in [3.05, 3.63) is 29.3 Å². The fraction of sp³-hybridized carbons (Fsp3) is 0.222. The minimum atomic E-state index is -0.402. The lowest BCUT2D eigenvalue weighted by molar-refractivity contribution is 0.262. The van der Waals surface area contributed by atoms with Crippen LogP contribution in [-0.2, 0) is 0 Å². The summed E-state index contributed by atoms with van der Waals surface area (Å²) in [5.41, 5.74) is 8.37. The molecule has 4 heteroatoms. The van der Waals surface area contributed by atoms with Gasteiger partial charge in [0.25, 0.3) is 5.24 Å². The zero-order chi connectivity index (χ0) is 9.84. The molecule has 1 aromatic rings. The molecule has 0 saturated carbocycles. The van der Waals surface area contributed by atoms with Gasteiger partial charge in [0, 0.05) is 0 Å². The van der Waals surface area contributed by atoms with Crippen LogP contribution in [0.15, 0.2) is 18.2 Å². The number of hydrogen-bond acceptors (Lipinski definition) is 2. The van der Waals surface area contributed by atoms with Crippen LogP contribution in [0.4, 0.5) is 10.5 Å². The number of thiol groups is 1. The maximum atomic E-state index is 10.5. The van der Waals surface area contributed by atoms with Crippen molar-refractivity contribution < 1.29 is 4.79 Å². The van der Waals surface area contributed by atoms with Crippen molar-refractivity contribution in [2.24, 2.45) is 0 Å². The van der Waals surface area contributed by atoms with Gasteiger partial charge < -0.3 is 0 Å². The van der Waals surface area contributed by atoms with Gasteiger partial charge >= 0.3 is 0 Å². The summed E-state index contributed by atoms with van der Waals surface area (Å²) in [4.78, 5) is 10.5. The van der Waals surface area contributed by atoms with E-state index in [0.29, 0.717) is 0 Å². The average Bonchev–Trinajstić information content (AvgIpc) is 2.07. The summed E-state index contributed by atoms with van der Waals surface area (Å²) in [7, 11) is 0. The molecule has 3 nitrogen and oxygen atoms in total. The summed E-state index contributed by atoms with van der Waals surface area (Å²) >= 11 is 3.58. The van der Waals surface area contributed by atoms with E-state index in [1.165, 1.54) is 5.56 Å². The predicted molar refractivity (Wildman–Crippen MR) is 57.1 cm³/mol. The number of hydrazine groups is 1. The molecule has 0 aliphatic rings. The Bertz CT molecular complexity index is 325. The Morgan fingerprint density at radius 2 is 2.08 bits per heavy atom. The van der Waals surface area contributed by atoms with Crippen LogP contribution in [0.3, 0.4) is 0 Å². The Kier molecular flexibility index (Phi) is 3.19. The third-order valence-corrected chi connectivity index (χ3v) is 2.02. The molecule has 0 saturated heterocycles. The fourth-order valence-electron chi connectivity index (χ4n) is 1.01. The van der Waals surface area contributed by atoms with Gasteiger partial charge in [-0.1, -0.05) is 24.8 Å². The summed E-state index contributed by atoms with van der Waals surface area (Å²) in [5.74, 6) is 0. The number of carbonyl (C=O) groups is 1. The quantitative estimate of drug-likeness (QED) is 0.501. The van der Waals surface area contributed by atoms with E-state index < -0.39 is 5.24 Å². The van der Waals surface area contributed by atoms with Crippen molar-refractivity contribution in [3.63, 3.8) is 0 Å². The third-order valence-electron chi connectivity index (χ3n) is 1.91. The second kappa shape index (κ2) is 4.18. The Morgan fingerprint density at radius 1 is 1.38 bits per heavy atom. The van der Waals surface area contributed by atoms with E-state index in [1.807, 2.05) is 32.0 Å². The highest BCUT2D eigenvalue weighted by Gasteiger charge is 1.99. The van der Waals surface area contributed by atoms with Crippen LogP contribution < -0.4 is 10.9 Å². The van der Waals surface area contributed by atoms with Gasteiger partial charge in [0.15, 0.2) is 0 Å². The summed E-state index contributed by atoms with van der Waals surface area (Å²) in [6, 6.07) is 5.84. The molecule has 0 radical (unpaired) electrons. The number of amides is 1. The van der Waals surface area contributed by atoms with Crippen molar-refractivity contribution in [3.8, 4) is 0 Å². The van der Waals surface area contributed by atoms with Crippen molar-refractivity contribution >= 4 is 23.6 Å². The van der Waals surface area contributed by atoms with E-state index in [9.17, 15) is 4.79 Å². The lowest BCUT2D eigenvalue weighted by atomic mass is 10.1. The van der Waals surface area contributed by atoms with Crippen LogP contribution in [0.1, 0.15) is 11.1 Å². The van der Waals surface area contributed by atoms with Crippen LogP contribution in [-0.4, -0.2) is 5.24 Å². The minimum absolute atomic E-state index is 0.402. The summed E-state index contributed by atoms with van der Waals surface area (Å²) in [6.07, 6.45) is 0. The van der Waals surface area contributed by atoms with Crippen molar-refractivity contribution in [1.29, 1.82) is 0 Å². The molecule has 0 bridgehead atoms. The second-order valence-electron chi connectivity index (χ2n) is 2.80. The topological polar surface area (TPSA) is 41.1 Å². The van der Waals surface area contributed by atoms with Gasteiger partial charge in [0.1, 0.15) is 0 Å². The zero-order valence-electron chi connectivity index (χ0n) is 7.59. The third kappa shape index (κ3) is 2.66. The zero-order valence-corrected chi connectivity index (χ0v) is 8.48. The van der Waals surface area contributed by atoms with Gasteiger partial charge in [0.05, 0.1) is 5.69 Å². The number of nitrogens with one attached hydrogen (secondary N) is 2. The fourth-order valence-corrected chi connectivity index (χ4v) is 1.06. The largest absolute Gasteiger partial charge is 0.298 e. The van der Waals surface area contributed by atoms with Crippen LogP contribution in [0.25, 0.3) is 0 Å². The van der Waals surface area contributed by atoms with Gasteiger partial charge in [-0.2, -0.15) is 0 Å². The van der Waals surface area contributed by atoms with Crippen LogP contribution >= 0.6 is 12.6 Å². The Balaban J connectivity index is 2.77. The summed E-state index contributed by atoms with van der Waals surface area (Å²) in [6.45, 7) is 4.01. The first kappa shape index (κ1) is 9.92. The molecule has 0 unspecified atom stereocenters. The molecular formula is C9H12N2OS. The van der Waals surface area contributed by atoms with Crippen LogP contribution in [0, 0.1) is 13.8 Å². The lowest BCUT2D eigenvalue weighted by Gasteiger charge is -2.10. The van der Waals surface area contributed by atoms with Crippen molar-refractivity contribution in [2.75, 3.05) is 5.43 Å². The van der Waals surface area contributed by atoms with E-state index in [2.05, 4.69) is 23.5 Å². The first-order valence-corrected chi connectivity index (χ1v) is 4.37. The van der Waals surface area contributed by atoms with E-state index in [1.54, 1.807) is 0 Å². The van der Waals surface area contributed by atoms with E-state index >= 15 is 0 Å². The maximum absolute atomic E-state index is 10.5. The molecule has 0 aromatic heterocycles. The Morgan fingerprint density at radius 3 is 2.69 bits per heavy atom. The number of benzene rings is 1. The molecule has 2 N–H and O–H groups in total. The van der Waals surface area contributed by atoms with Crippen molar-refractivity contribution in [2.45, 2.75) is 13.8 Å². The molecule has 0 aliphatic carbocycles. The molecule has 13 heavy (non-hydrogen) atoms. The molecule has 1 amide bonds. The van der Waals surface area contributed by atoms with Gasteiger partial charge in [-0.25, -0.2) is 0 Å². The van der Waals surface area contributed by atoms with E-state index in [4.69, 9.17) is 0 Å². The second-order valence-corrected chi connectivity index (χ2v) is 3.21. The molecule has 0 fully saturated rings. The minimum Gasteiger partial charge on any atom is -0.298 e. The van der Waals surface area contributed by atoms with E-state index in [-0.39, 0.29) is 0 Å². The normalized spacial score (nSPS) is 9.46. The van der Waals surface area contributed by atoms with Crippen LogP contribution in [0.5, 0.6) is 0 Å². The molecule has 0 atom stereocenters. The highest BCUT2D eigenvalue weighted by atomic mass is 32.1. The smallest absolute Gasteiger partial charge is 0.294 e. The Labute approximate surface area is 82.9 Å². The molecule has 1 rings (SSSR count).